The Bertz CT molecular complexity index is 435. The number of amides is 1. The first-order chi connectivity index (χ1) is 9.02. The van der Waals surface area contributed by atoms with E-state index in [9.17, 15) is 13.6 Å². The molecule has 1 amide bonds. The quantitative estimate of drug-likeness (QED) is 0.813. The molecule has 1 aromatic rings. The van der Waals surface area contributed by atoms with E-state index in [0.29, 0.717) is 0 Å². The van der Waals surface area contributed by atoms with Crippen LogP contribution in [0.1, 0.15) is 5.56 Å². The lowest BCUT2D eigenvalue weighted by Crippen LogP contribution is -2.36. The van der Waals surface area contributed by atoms with Crippen LogP contribution in [-0.4, -0.2) is 42.0 Å². The van der Waals surface area contributed by atoms with E-state index in [1.54, 1.807) is 18.2 Å². The highest BCUT2D eigenvalue weighted by molar-refractivity contribution is 9.10. The summed E-state index contributed by atoms with van der Waals surface area (Å²) < 4.78 is 25.5. The van der Waals surface area contributed by atoms with Gasteiger partial charge in [0, 0.05) is 17.1 Å². The standard InChI is InChI=1S/C13H14BrF2NO2/c14-11-4-1-10(2-5-11)3-6-13(19)17(7-8-18)9-12(15)16/h1-6,12,18H,7-9H2/b6-3+. The van der Waals surface area contributed by atoms with Crippen LogP contribution in [0.15, 0.2) is 34.8 Å². The van der Waals surface area contributed by atoms with E-state index in [2.05, 4.69) is 15.9 Å². The Hall–Kier alpha value is -1.27. The van der Waals surface area contributed by atoms with E-state index < -0.39 is 18.9 Å². The van der Waals surface area contributed by atoms with Crippen LogP contribution < -0.4 is 0 Å². The molecule has 0 aliphatic heterocycles. The number of hydrogen-bond acceptors (Lipinski definition) is 2. The Morgan fingerprint density at radius 3 is 2.53 bits per heavy atom. The summed E-state index contributed by atoms with van der Waals surface area (Å²) in [7, 11) is 0. The predicted octanol–water partition coefficient (Wildman–Crippen LogP) is 2.55. The fraction of sp³-hybridized carbons (Fsp3) is 0.308. The smallest absolute Gasteiger partial charge is 0.255 e. The number of aliphatic hydroxyl groups is 1. The summed E-state index contributed by atoms with van der Waals surface area (Å²) in [4.78, 5) is 12.6. The van der Waals surface area contributed by atoms with E-state index in [1.165, 1.54) is 6.08 Å². The summed E-state index contributed by atoms with van der Waals surface area (Å²) in [5.41, 5.74) is 0.789. The summed E-state index contributed by atoms with van der Waals surface area (Å²) in [6.07, 6.45) is 0.155. The van der Waals surface area contributed by atoms with E-state index in [1.807, 2.05) is 12.1 Å². The fourth-order valence-corrected chi connectivity index (χ4v) is 1.69. The molecule has 0 spiro atoms. The van der Waals surface area contributed by atoms with Crippen molar-refractivity contribution in [3.05, 3.63) is 40.4 Å². The molecule has 3 nitrogen and oxygen atoms in total. The minimum atomic E-state index is -2.61. The first-order valence-corrected chi connectivity index (χ1v) is 6.44. The predicted molar refractivity (Wildman–Crippen MR) is 72.8 cm³/mol. The number of halogens is 3. The fourth-order valence-electron chi connectivity index (χ4n) is 1.43. The molecule has 6 heteroatoms. The molecular weight excluding hydrogens is 320 g/mol. The van der Waals surface area contributed by atoms with Crippen molar-refractivity contribution in [3.8, 4) is 0 Å². The zero-order valence-electron chi connectivity index (χ0n) is 10.1. The maximum absolute atomic E-state index is 12.3. The van der Waals surface area contributed by atoms with E-state index in [4.69, 9.17) is 5.11 Å². The van der Waals surface area contributed by atoms with Gasteiger partial charge in [0.15, 0.2) is 0 Å². The third kappa shape index (κ3) is 5.94. The molecule has 0 bridgehead atoms. The van der Waals surface area contributed by atoms with Crippen molar-refractivity contribution in [1.82, 2.24) is 4.90 Å². The van der Waals surface area contributed by atoms with Gasteiger partial charge in [-0.25, -0.2) is 8.78 Å². The van der Waals surface area contributed by atoms with E-state index >= 15 is 0 Å². The minimum Gasteiger partial charge on any atom is -0.395 e. The van der Waals surface area contributed by atoms with Crippen LogP contribution >= 0.6 is 15.9 Å². The summed E-state index contributed by atoms with van der Waals surface area (Å²) >= 11 is 3.29. The molecule has 0 heterocycles. The highest BCUT2D eigenvalue weighted by Gasteiger charge is 2.15. The summed E-state index contributed by atoms with van der Waals surface area (Å²) in [6.45, 7) is -1.12. The number of benzene rings is 1. The molecule has 1 rings (SSSR count). The maximum Gasteiger partial charge on any atom is 0.255 e. The van der Waals surface area contributed by atoms with Crippen LogP contribution in [0.2, 0.25) is 0 Å². The zero-order chi connectivity index (χ0) is 14.3. The molecule has 104 valence electrons. The first-order valence-electron chi connectivity index (χ1n) is 5.64. The van der Waals surface area contributed by atoms with Crippen LogP contribution in [0, 0.1) is 0 Å². The number of carbonyl (C=O) groups is 1. The lowest BCUT2D eigenvalue weighted by molar-refractivity contribution is -0.128. The number of nitrogens with zero attached hydrogens (tertiary/aromatic N) is 1. The van der Waals surface area contributed by atoms with Gasteiger partial charge in [0.2, 0.25) is 5.91 Å². The van der Waals surface area contributed by atoms with Crippen LogP contribution in [0.5, 0.6) is 0 Å². The molecular formula is C13H14BrF2NO2. The third-order valence-electron chi connectivity index (χ3n) is 2.33. The summed E-state index contributed by atoms with van der Waals surface area (Å²) in [5, 5.41) is 8.75. The van der Waals surface area contributed by atoms with Gasteiger partial charge in [-0.1, -0.05) is 28.1 Å². The molecule has 19 heavy (non-hydrogen) atoms. The average molecular weight is 334 g/mol. The Labute approximate surface area is 118 Å². The highest BCUT2D eigenvalue weighted by atomic mass is 79.9. The van der Waals surface area contributed by atoms with Gasteiger partial charge in [0.25, 0.3) is 6.43 Å². The zero-order valence-corrected chi connectivity index (χ0v) is 11.7. The van der Waals surface area contributed by atoms with Gasteiger partial charge in [-0.15, -0.1) is 0 Å². The lowest BCUT2D eigenvalue weighted by atomic mass is 10.2. The SMILES string of the molecule is O=C(/C=C/c1ccc(Br)cc1)N(CCO)CC(F)F. The van der Waals surface area contributed by atoms with Crippen molar-refractivity contribution in [2.45, 2.75) is 6.43 Å². The number of carbonyl (C=O) groups excluding carboxylic acids is 1. The minimum absolute atomic E-state index is 0.103. The second kappa shape index (κ2) is 8.01. The van der Waals surface area contributed by atoms with Gasteiger partial charge >= 0.3 is 0 Å². The van der Waals surface area contributed by atoms with Crippen molar-refractivity contribution in [2.75, 3.05) is 19.7 Å². The molecule has 0 fully saturated rings. The number of aliphatic hydroxyl groups excluding tert-OH is 1. The summed E-state index contributed by atoms with van der Waals surface area (Å²) in [5.74, 6) is -0.544. The Balaban J connectivity index is 2.67. The van der Waals surface area contributed by atoms with E-state index in [0.717, 1.165) is 14.9 Å². The van der Waals surface area contributed by atoms with Gasteiger partial charge in [-0.3, -0.25) is 4.79 Å². The Morgan fingerprint density at radius 1 is 1.37 bits per heavy atom. The number of hydrogen-bond donors (Lipinski definition) is 1. The molecule has 0 atom stereocenters. The lowest BCUT2D eigenvalue weighted by Gasteiger charge is -2.19. The highest BCUT2D eigenvalue weighted by Crippen LogP contribution is 2.11. The second-order valence-electron chi connectivity index (χ2n) is 3.78. The van der Waals surface area contributed by atoms with Crippen molar-refractivity contribution in [3.63, 3.8) is 0 Å². The maximum atomic E-state index is 12.3. The van der Waals surface area contributed by atoms with Crippen LogP contribution in [-0.2, 0) is 4.79 Å². The molecule has 0 aliphatic carbocycles. The van der Waals surface area contributed by atoms with Crippen LogP contribution in [0.3, 0.4) is 0 Å². The van der Waals surface area contributed by atoms with Gasteiger partial charge in [0.1, 0.15) is 0 Å². The van der Waals surface area contributed by atoms with Crippen molar-refractivity contribution in [1.29, 1.82) is 0 Å². The van der Waals surface area contributed by atoms with Crippen molar-refractivity contribution >= 4 is 27.9 Å². The van der Waals surface area contributed by atoms with E-state index in [-0.39, 0.29) is 13.2 Å². The Morgan fingerprint density at radius 2 is 2.00 bits per heavy atom. The topological polar surface area (TPSA) is 40.5 Å². The normalized spacial score (nSPS) is 11.2. The monoisotopic (exact) mass is 333 g/mol. The molecule has 0 unspecified atom stereocenters. The molecule has 1 aromatic carbocycles. The first kappa shape index (κ1) is 15.8. The molecule has 0 radical (unpaired) electrons. The van der Waals surface area contributed by atoms with Gasteiger partial charge in [-0.05, 0) is 23.8 Å². The van der Waals surface area contributed by atoms with Crippen molar-refractivity contribution in [2.24, 2.45) is 0 Å². The van der Waals surface area contributed by atoms with Gasteiger partial charge in [0.05, 0.1) is 13.2 Å². The molecule has 0 aromatic heterocycles. The van der Waals surface area contributed by atoms with Crippen LogP contribution in [0.4, 0.5) is 8.78 Å². The Kier molecular flexibility index (Phi) is 6.66. The molecule has 0 aliphatic rings. The van der Waals surface area contributed by atoms with Gasteiger partial charge < -0.3 is 10.0 Å². The number of rotatable bonds is 6. The summed E-state index contributed by atoms with van der Waals surface area (Å²) in [6, 6.07) is 7.21. The molecule has 0 saturated heterocycles. The van der Waals surface area contributed by atoms with Crippen molar-refractivity contribution < 1.29 is 18.7 Å². The molecule has 0 saturated carbocycles. The number of alkyl halides is 2. The third-order valence-corrected chi connectivity index (χ3v) is 2.86. The second-order valence-corrected chi connectivity index (χ2v) is 4.70. The molecule has 1 N–H and O–H groups in total. The van der Waals surface area contributed by atoms with Gasteiger partial charge in [-0.2, -0.15) is 0 Å². The average Bonchev–Trinajstić information content (AvgIpc) is 2.37. The largest absolute Gasteiger partial charge is 0.395 e. The van der Waals surface area contributed by atoms with Crippen LogP contribution in [0.25, 0.3) is 6.08 Å².